The van der Waals surface area contributed by atoms with E-state index in [4.69, 9.17) is 29.1 Å². The minimum Gasteiger partial charge on any atom is 4.00 e. The molecule has 25 heavy (non-hydrogen) atoms. The van der Waals surface area contributed by atoms with Crippen LogP contribution in [0.1, 0.15) is 79.1 Å². The third-order valence-electron chi connectivity index (χ3n) is 1.99. The zero-order valence-electron chi connectivity index (χ0n) is 16.1. The second kappa shape index (κ2) is 56.2. The van der Waals surface area contributed by atoms with Crippen molar-refractivity contribution in [3.05, 3.63) is 0 Å². The summed E-state index contributed by atoms with van der Waals surface area (Å²) in [7, 11) is 14.8. The van der Waals surface area contributed by atoms with Crippen molar-refractivity contribution in [1.29, 1.82) is 0 Å². The van der Waals surface area contributed by atoms with Crippen LogP contribution >= 0.6 is 29.1 Å². The van der Waals surface area contributed by atoms with E-state index in [0.29, 0.717) is 0 Å². The number of rotatable bonds is 8. The summed E-state index contributed by atoms with van der Waals surface area (Å²) in [6.07, 6.45) is 7.46. The molecule has 0 N–H and O–H groups in total. The summed E-state index contributed by atoms with van der Waals surface area (Å²) in [5.41, 5.74) is 0. The average molecular weight is 548 g/mol. The number of hydrogen-bond acceptors (Lipinski definition) is 4. The number of hydrogen-bond donors (Lipinski definition) is 0. The second-order valence-corrected chi connectivity index (χ2v) is 12.3. The summed E-state index contributed by atoms with van der Waals surface area (Å²) in [6.45, 7) is 8.42. The van der Waals surface area contributed by atoms with E-state index < -0.39 is 13.0 Å². The van der Waals surface area contributed by atoms with Crippen LogP contribution < -0.4 is 20.4 Å². The van der Waals surface area contributed by atoms with Gasteiger partial charge in [0.15, 0.2) is 0 Å². The Kier molecular flexibility index (Phi) is 93.2. The van der Waals surface area contributed by atoms with Crippen molar-refractivity contribution in [2.45, 2.75) is 79.1 Å². The monoisotopic (exact) mass is 547 g/mol. The van der Waals surface area contributed by atoms with Gasteiger partial charge in [-0.05, 0) is 0 Å². The molecule has 0 atom stereocenters. The van der Waals surface area contributed by atoms with Gasteiger partial charge < -0.3 is 20.4 Å². The summed E-state index contributed by atoms with van der Waals surface area (Å²) in [4.78, 5) is 0. The van der Waals surface area contributed by atoms with Crippen molar-refractivity contribution in [2.75, 3.05) is 26.4 Å². The Balaban J connectivity index is -0.0000000448. The molecule has 0 rings (SSSR count). The SMILES string of the molecule is CCCC[O-].CCCC[O-].CCCC[O-].CCCC[O-].[Cl][Ru]([Cl])[Cl].[Ti+4]. The molecule has 0 saturated carbocycles. The maximum Gasteiger partial charge on any atom is 4.00 e. The Morgan fingerprint density at radius 1 is 0.520 bits per heavy atom. The molecule has 0 spiro atoms. The van der Waals surface area contributed by atoms with E-state index >= 15 is 0 Å². The van der Waals surface area contributed by atoms with E-state index in [1.807, 2.05) is 27.7 Å². The molecular formula is C16H36Cl3O4RuTi. The Bertz CT molecular complexity index is 120. The molecule has 0 fully saturated rings. The van der Waals surface area contributed by atoms with E-state index in [1.165, 1.54) is 0 Å². The van der Waals surface area contributed by atoms with Gasteiger partial charge in [0.1, 0.15) is 0 Å². The van der Waals surface area contributed by atoms with Gasteiger partial charge in [0.2, 0.25) is 0 Å². The first-order valence-corrected chi connectivity index (χ1v) is 15.1. The zero-order valence-corrected chi connectivity index (χ0v) is 21.7. The summed E-state index contributed by atoms with van der Waals surface area (Å²) in [6, 6.07) is 0. The Morgan fingerprint density at radius 3 is 0.640 bits per heavy atom. The van der Waals surface area contributed by atoms with Gasteiger partial charge in [-0.15, -0.1) is 26.4 Å². The van der Waals surface area contributed by atoms with Crippen LogP contribution in [0.15, 0.2) is 0 Å². The molecule has 0 radical (unpaired) electrons. The van der Waals surface area contributed by atoms with E-state index in [9.17, 15) is 20.4 Å². The predicted octanol–water partition coefficient (Wildman–Crippen LogP) is 2.65. The van der Waals surface area contributed by atoms with Crippen LogP contribution in [0.5, 0.6) is 0 Å². The molecule has 0 aliphatic heterocycles. The molecule has 0 amide bonds. The zero-order chi connectivity index (χ0) is 20.1. The van der Waals surface area contributed by atoms with Gasteiger partial charge in [-0.25, -0.2) is 0 Å². The van der Waals surface area contributed by atoms with Gasteiger partial charge in [0.25, 0.3) is 0 Å². The fraction of sp³-hybridized carbons (Fsp3) is 1.00. The first kappa shape index (κ1) is 41.4. The largest absolute Gasteiger partial charge is 4.00 e. The van der Waals surface area contributed by atoms with Gasteiger partial charge in [0, 0.05) is 0 Å². The molecule has 0 aromatic heterocycles. The molecule has 4 nitrogen and oxygen atoms in total. The van der Waals surface area contributed by atoms with Crippen LogP contribution in [-0.2, 0) is 34.7 Å². The van der Waals surface area contributed by atoms with Gasteiger partial charge in [-0.2, -0.15) is 0 Å². The predicted molar refractivity (Wildman–Crippen MR) is 96.7 cm³/mol. The molecular weight excluding hydrogens is 511 g/mol. The third kappa shape index (κ3) is 149. The summed E-state index contributed by atoms with van der Waals surface area (Å²) in [5, 5.41) is 38.1. The molecule has 0 bridgehead atoms. The van der Waals surface area contributed by atoms with Crippen LogP contribution in [-0.4, -0.2) is 26.4 Å². The standard InChI is InChI=1S/4C4H9O.3ClH.Ru.Ti/c4*1-2-3-4-5;;;;;/h4*2-4H2,1H3;3*1H;;/q4*-1;;;;+3;+4/p-3. The minimum atomic E-state index is -1.75. The van der Waals surface area contributed by atoms with Crippen molar-refractivity contribution in [3.63, 3.8) is 0 Å². The molecule has 0 aromatic carbocycles. The quantitative estimate of drug-likeness (QED) is 0.437. The minimum absolute atomic E-state index is 0. The van der Waals surface area contributed by atoms with E-state index in [1.54, 1.807) is 0 Å². The van der Waals surface area contributed by atoms with Crippen LogP contribution in [0.25, 0.3) is 0 Å². The third-order valence-corrected chi connectivity index (χ3v) is 1.99. The van der Waals surface area contributed by atoms with Crippen molar-refractivity contribution in [3.8, 4) is 0 Å². The maximum absolute atomic E-state index is 9.53. The van der Waals surface area contributed by atoms with Gasteiger partial charge in [0.05, 0.1) is 0 Å². The molecule has 0 aliphatic carbocycles. The van der Waals surface area contributed by atoms with Crippen LogP contribution in [0, 0.1) is 0 Å². The Hall–Kier alpha value is 2.05. The normalized spacial score (nSPS) is 8.52. The van der Waals surface area contributed by atoms with Gasteiger partial charge in [-0.1, -0.05) is 79.1 Å². The van der Waals surface area contributed by atoms with Crippen LogP contribution in [0.2, 0.25) is 0 Å². The van der Waals surface area contributed by atoms with E-state index in [-0.39, 0.29) is 48.1 Å². The maximum atomic E-state index is 9.53. The van der Waals surface area contributed by atoms with E-state index in [2.05, 4.69) is 0 Å². The summed E-state index contributed by atoms with van der Waals surface area (Å²) in [5.74, 6) is 0. The molecule has 0 saturated heterocycles. The fourth-order valence-electron chi connectivity index (χ4n) is 0.577. The van der Waals surface area contributed by atoms with Crippen LogP contribution in [0.3, 0.4) is 0 Å². The fourth-order valence-corrected chi connectivity index (χ4v) is 0.577. The Morgan fingerprint density at radius 2 is 0.640 bits per heavy atom. The second-order valence-electron chi connectivity index (χ2n) is 4.38. The first-order chi connectivity index (χ1) is 11.4. The van der Waals surface area contributed by atoms with Gasteiger partial charge >= 0.3 is 63.8 Å². The van der Waals surface area contributed by atoms with Crippen molar-refractivity contribution >= 4 is 29.1 Å². The average Bonchev–Trinajstić information content (AvgIpc) is 2.52. The van der Waals surface area contributed by atoms with E-state index in [0.717, 1.165) is 51.4 Å². The molecule has 0 aromatic rings. The summed E-state index contributed by atoms with van der Waals surface area (Å²) < 4.78 is 0. The van der Waals surface area contributed by atoms with Crippen molar-refractivity contribution < 1.29 is 55.1 Å². The Labute approximate surface area is 188 Å². The number of unbranched alkanes of at least 4 members (excludes halogenated alkanes) is 4. The molecule has 9 heteroatoms. The molecule has 0 unspecified atom stereocenters. The van der Waals surface area contributed by atoms with Crippen molar-refractivity contribution in [1.82, 2.24) is 0 Å². The van der Waals surface area contributed by atoms with Gasteiger partial charge in [-0.3, -0.25) is 0 Å². The van der Waals surface area contributed by atoms with Crippen LogP contribution in [0.4, 0.5) is 0 Å². The molecule has 0 heterocycles. The topological polar surface area (TPSA) is 92.2 Å². The summed E-state index contributed by atoms with van der Waals surface area (Å²) >= 11 is -1.75. The van der Waals surface area contributed by atoms with Crippen molar-refractivity contribution in [2.24, 2.45) is 0 Å². The smallest absolute Gasteiger partial charge is 4.00 e. The first-order valence-electron chi connectivity index (χ1n) is 8.38. The molecule has 157 valence electrons. The molecule has 0 aliphatic rings. The number of halogens is 3.